The first-order valence-corrected chi connectivity index (χ1v) is 9.01. The van der Waals surface area contributed by atoms with Gasteiger partial charge in [0.25, 0.3) is 5.91 Å². The third-order valence-corrected chi connectivity index (χ3v) is 4.55. The molecule has 0 saturated carbocycles. The summed E-state index contributed by atoms with van der Waals surface area (Å²) in [5.41, 5.74) is 6.13. The standard InChI is InChI=1S/C22H23N3O3/c1-15(19-12-16-8-4-5-9-17(16)13-19)24-28-14-18-10-6-7-11-20(18)21(25-27-3)22(26)23-2/h4-12H,13-14H2,1-3H3,(H,23,26)/b24-15+,25-21+. The summed E-state index contributed by atoms with van der Waals surface area (Å²) in [6.07, 6.45) is 2.99. The van der Waals surface area contributed by atoms with Gasteiger partial charge in [0, 0.05) is 18.2 Å². The monoisotopic (exact) mass is 377 g/mol. The number of rotatable bonds is 7. The number of amides is 1. The number of likely N-dealkylation sites (N-methyl/N-ethyl adjacent to an activating group) is 1. The number of nitrogens with one attached hydrogen (secondary N) is 1. The van der Waals surface area contributed by atoms with Crippen LogP contribution in [0.25, 0.3) is 6.08 Å². The van der Waals surface area contributed by atoms with Crippen molar-refractivity contribution in [2.75, 3.05) is 14.2 Å². The van der Waals surface area contributed by atoms with Crippen LogP contribution in [0.3, 0.4) is 0 Å². The molecule has 0 radical (unpaired) electrons. The SMILES string of the molecule is CNC(=O)/C(=N/OC)c1ccccc1CO/N=C(\C)C1=Cc2ccccc2C1. The average molecular weight is 377 g/mol. The van der Waals surface area contributed by atoms with E-state index in [0.29, 0.717) is 5.56 Å². The molecule has 0 unspecified atom stereocenters. The molecule has 0 heterocycles. The number of fused-ring (bicyclic) bond motifs is 1. The van der Waals surface area contributed by atoms with Gasteiger partial charge in [0.15, 0.2) is 5.71 Å². The summed E-state index contributed by atoms with van der Waals surface area (Å²) in [6.45, 7) is 2.15. The fourth-order valence-electron chi connectivity index (χ4n) is 3.07. The van der Waals surface area contributed by atoms with Crippen molar-refractivity contribution in [3.8, 4) is 0 Å². The highest BCUT2D eigenvalue weighted by Gasteiger charge is 2.18. The van der Waals surface area contributed by atoms with Crippen LogP contribution >= 0.6 is 0 Å². The summed E-state index contributed by atoms with van der Waals surface area (Å²) < 4.78 is 0. The van der Waals surface area contributed by atoms with Crippen LogP contribution in [0, 0.1) is 0 Å². The van der Waals surface area contributed by atoms with Gasteiger partial charge >= 0.3 is 0 Å². The van der Waals surface area contributed by atoms with Crippen LogP contribution in [0.2, 0.25) is 0 Å². The van der Waals surface area contributed by atoms with Crippen LogP contribution in [-0.4, -0.2) is 31.5 Å². The molecule has 1 amide bonds. The third kappa shape index (κ3) is 4.28. The largest absolute Gasteiger partial charge is 0.398 e. The molecule has 1 aliphatic rings. The Morgan fingerprint density at radius 2 is 1.86 bits per heavy atom. The molecular weight excluding hydrogens is 354 g/mol. The number of nitrogens with zero attached hydrogens (tertiary/aromatic N) is 2. The number of carbonyl (C=O) groups excluding carboxylic acids is 1. The molecule has 28 heavy (non-hydrogen) atoms. The van der Waals surface area contributed by atoms with Crippen molar-refractivity contribution >= 4 is 23.4 Å². The molecule has 2 aromatic rings. The van der Waals surface area contributed by atoms with E-state index in [2.05, 4.69) is 33.8 Å². The van der Waals surface area contributed by atoms with Gasteiger partial charge < -0.3 is 15.0 Å². The Hall–Kier alpha value is -3.41. The highest BCUT2D eigenvalue weighted by molar-refractivity contribution is 6.45. The number of oxime groups is 2. The Labute approximate surface area is 164 Å². The Bertz CT molecular complexity index is 961. The summed E-state index contributed by atoms with van der Waals surface area (Å²) in [6, 6.07) is 15.7. The smallest absolute Gasteiger partial charge is 0.273 e. The van der Waals surface area contributed by atoms with Gasteiger partial charge in [0.1, 0.15) is 13.7 Å². The average Bonchev–Trinajstić information content (AvgIpc) is 3.16. The fraction of sp³-hybridized carbons (Fsp3) is 0.227. The lowest BCUT2D eigenvalue weighted by Crippen LogP contribution is -2.29. The van der Waals surface area contributed by atoms with Gasteiger partial charge in [-0.2, -0.15) is 0 Å². The molecule has 1 N–H and O–H groups in total. The number of benzene rings is 2. The predicted octanol–water partition coefficient (Wildman–Crippen LogP) is 3.32. The first-order valence-electron chi connectivity index (χ1n) is 9.01. The molecule has 2 aromatic carbocycles. The van der Waals surface area contributed by atoms with Crippen LogP contribution in [0.4, 0.5) is 0 Å². The normalized spacial score (nSPS) is 13.6. The first kappa shape index (κ1) is 19.4. The van der Waals surface area contributed by atoms with Crippen LogP contribution in [0.15, 0.2) is 64.4 Å². The quantitative estimate of drug-likeness (QED) is 0.594. The predicted molar refractivity (Wildman–Crippen MR) is 110 cm³/mol. The molecule has 1 aliphatic carbocycles. The van der Waals surface area contributed by atoms with Gasteiger partial charge in [-0.15, -0.1) is 0 Å². The zero-order valence-corrected chi connectivity index (χ0v) is 16.2. The van der Waals surface area contributed by atoms with Crippen molar-refractivity contribution in [1.29, 1.82) is 0 Å². The lowest BCUT2D eigenvalue weighted by molar-refractivity contribution is -0.114. The maximum Gasteiger partial charge on any atom is 0.273 e. The Kier molecular flexibility index (Phi) is 6.22. The lowest BCUT2D eigenvalue weighted by atomic mass is 10.0. The zero-order valence-electron chi connectivity index (χ0n) is 16.2. The highest BCUT2D eigenvalue weighted by atomic mass is 16.6. The van der Waals surface area contributed by atoms with E-state index in [0.717, 1.165) is 23.3 Å². The van der Waals surface area contributed by atoms with Gasteiger partial charge in [0.05, 0.1) is 5.71 Å². The van der Waals surface area contributed by atoms with Crippen LogP contribution < -0.4 is 5.32 Å². The molecule has 0 spiro atoms. The summed E-state index contributed by atoms with van der Waals surface area (Å²) in [4.78, 5) is 22.5. The van der Waals surface area contributed by atoms with Crippen molar-refractivity contribution in [2.45, 2.75) is 20.0 Å². The van der Waals surface area contributed by atoms with Gasteiger partial charge in [-0.05, 0) is 36.1 Å². The van der Waals surface area contributed by atoms with Crippen molar-refractivity contribution < 1.29 is 14.5 Å². The minimum atomic E-state index is -0.331. The Morgan fingerprint density at radius 3 is 2.61 bits per heavy atom. The molecule has 6 nitrogen and oxygen atoms in total. The zero-order chi connectivity index (χ0) is 19.9. The Morgan fingerprint density at radius 1 is 1.11 bits per heavy atom. The summed E-state index contributed by atoms with van der Waals surface area (Å²) in [5.74, 6) is -0.331. The van der Waals surface area contributed by atoms with Gasteiger partial charge in [0.2, 0.25) is 0 Å². The summed E-state index contributed by atoms with van der Waals surface area (Å²) >= 11 is 0. The number of allylic oxidation sites excluding steroid dienone is 1. The molecule has 0 fully saturated rings. The van der Waals surface area contributed by atoms with E-state index in [1.807, 2.05) is 37.3 Å². The second-order valence-electron chi connectivity index (χ2n) is 6.35. The number of hydrogen-bond donors (Lipinski definition) is 1. The molecule has 0 aromatic heterocycles. The first-order chi connectivity index (χ1) is 13.6. The number of hydrogen-bond acceptors (Lipinski definition) is 5. The summed E-state index contributed by atoms with van der Waals surface area (Å²) in [5, 5.41) is 10.7. The minimum Gasteiger partial charge on any atom is -0.398 e. The molecule has 0 aliphatic heterocycles. The van der Waals surface area contributed by atoms with E-state index in [1.165, 1.54) is 18.2 Å². The van der Waals surface area contributed by atoms with E-state index in [4.69, 9.17) is 9.68 Å². The van der Waals surface area contributed by atoms with E-state index in [9.17, 15) is 4.79 Å². The second kappa shape index (κ2) is 8.99. The van der Waals surface area contributed by atoms with Crippen molar-refractivity contribution in [3.05, 3.63) is 76.4 Å². The van der Waals surface area contributed by atoms with Crippen molar-refractivity contribution in [1.82, 2.24) is 5.32 Å². The van der Waals surface area contributed by atoms with Crippen LogP contribution in [0.1, 0.15) is 29.2 Å². The number of carbonyl (C=O) groups is 1. The molecule has 0 atom stereocenters. The third-order valence-electron chi connectivity index (χ3n) is 4.55. The molecule has 0 saturated heterocycles. The second-order valence-corrected chi connectivity index (χ2v) is 6.35. The topological polar surface area (TPSA) is 72.3 Å². The van der Waals surface area contributed by atoms with E-state index in [1.54, 1.807) is 13.1 Å². The maximum absolute atomic E-state index is 12.1. The van der Waals surface area contributed by atoms with Crippen molar-refractivity contribution in [3.63, 3.8) is 0 Å². The van der Waals surface area contributed by atoms with Gasteiger partial charge in [-0.3, -0.25) is 4.79 Å². The summed E-state index contributed by atoms with van der Waals surface area (Å²) in [7, 11) is 2.96. The van der Waals surface area contributed by atoms with E-state index < -0.39 is 0 Å². The van der Waals surface area contributed by atoms with Gasteiger partial charge in [-0.1, -0.05) is 58.8 Å². The van der Waals surface area contributed by atoms with Gasteiger partial charge in [-0.25, -0.2) is 0 Å². The highest BCUT2D eigenvalue weighted by Crippen LogP contribution is 2.25. The lowest BCUT2D eigenvalue weighted by Gasteiger charge is -2.10. The molecule has 144 valence electrons. The van der Waals surface area contributed by atoms with Crippen LogP contribution in [-0.2, 0) is 27.5 Å². The molecule has 6 heteroatoms. The minimum absolute atomic E-state index is 0.193. The van der Waals surface area contributed by atoms with E-state index >= 15 is 0 Å². The Balaban J connectivity index is 1.73. The van der Waals surface area contributed by atoms with E-state index in [-0.39, 0.29) is 18.2 Å². The fourth-order valence-corrected chi connectivity index (χ4v) is 3.07. The molecule has 3 rings (SSSR count). The van der Waals surface area contributed by atoms with Crippen molar-refractivity contribution in [2.24, 2.45) is 10.3 Å². The van der Waals surface area contributed by atoms with Crippen LogP contribution in [0.5, 0.6) is 0 Å². The molecule has 0 bridgehead atoms. The molecular formula is C22H23N3O3. The maximum atomic E-state index is 12.1.